The average molecular weight is 328 g/mol. The molecular weight excluding hydrogens is 304 g/mol. The predicted octanol–water partition coefficient (Wildman–Crippen LogP) is 2.87. The Balaban J connectivity index is 1.67. The van der Waals surface area contributed by atoms with Gasteiger partial charge >= 0.3 is 6.03 Å². The Morgan fingerprint density at radius 2 is 2.00 bits per heavy atom. The molecule has 1 aliphatic heterocycles. The number of urea groups is 1. The van der Waals surface area contributed by atoms with Crippen LogP contribution in [0.2, 0.25) is 0 Å². The average Bonchev–Trinajstić information content (AvgIpc) is 2.95. The molecule has 128 valence electrons. The highest BCUT2D eigenvalue weighted by atomic mass is 16.3. The number of carbonyl (C=O) groups excluding carboxylic acids is 1. The Kier molecular flexibility index (Phi) is 4.32. The summed E-state index contributed by atoms with van der Waals surface area (Å²) in [5.41, 5.74) is 3.34. The number of nitrogens with one attached hydrogen (secondary N) is 1. The maximum atomic E-state index is 12.3. The standard InChI is InChI=1S/C18H24N4O2/c1-13-4-5-16(14(2)10-13)22-12-15(11-19-22)20-17(23)21-8-6-18(3,24)7-9-21/h4-5,10-12,24H,6-9H2,1-3H3,(H,20,23). The van der Waals surface area contributed by atoms with E-state index in [1.165, 1.54) is 5.56 Å². The molecule has 1 aromatic heterocycles. The third-order valence-electron chi connectivity index (χ3n) is 4.56. The smallest absolute Gasteiger partial charge is 0.321 e. The van der Waals surface area contributed by atoms with Crippen molar-refractivity contribution >= 4 is 11.7 Å². The lowest BCUT2D eigenvalue weighted by molar-refractivity contribution is 0.00570. The minimum atomic E-state index is -0.662. The zero-order valence-corrected chi connectivity index (χ0v) is 14.4. The van der Waals surface area contributed by atoms with Crippen LogP contribution in [-0.2, 0) is 0 Å². The second-order valence-electron chi connectivity index (χ2n) is 6.88. The molecule has 1 aromatic carbocycles. The largest absolute Gasteiger partial charge is 0.390 e. The van der Waals surface area contributed by atoms with Crippen LogP contribution >= 0.6 is 0 Å². The quantitative estimate of drug-likeness (QED) is 0.890. The zero-order valence-electron chi connectivity index (χ0n) is 14.4. The van der Waals surface area contributed by atoms with Gasteiger partial charge in [0.2, 0.25) is 0 Å². The summed E-state index contributed by atoms with van der Waals surface area (Å²) in [7, 11) is 0. The van der Waals surface area contributed by atoms with Crippen LogP contribution in [0.3, 0.4) is 0 Å². The third kappa shape index (κ3) is 3.59. The van der Waals surface area contributed by atoms with Crippen LogP contribution in [0.1, 0.15) is 30.9 Å². The molecule has 0 aliphatic carbocycles. The molecule has 0 unspecified atom stereocenters. The normalized spacial score (nSPS) is 16.9. The van der Waals surface area contributed by atoms with Crippen molar-refractivity contribution in [1.29, 1.82) is 0 Å². The minimum absolute atomic E-state index is 0.148. The SMILES string of the molecule is Cc1ccc(-n2cc(NC(=O)N3CCC(C)(O)CC3)cn2)c(C)c1. The number of aliphatic hydroxyl groups is 1. The van der Waals surface area contributed by atoms with E-state index in [9.17, 15) is 9.90 Å². The molecule has 0 radical (unpaired) electrons. The molecule has 6 nitrogen and oxygen atoms in total. The highest BCUT2D eigenvalue weighted by molar-refractivity contribution is 5.89. The van der Waals surface area contributed by atoms with Crippen molar-refractivity contribution in [3.05, 3.63) is 41.7 Å². The van der Waals surface area contributed by atoms with Gasteiger partial charge in [-0.25, -0.2) is 9.48 Å². The first-order chi connectivity index (χ1) is 11.3. The van der Waals surface area contributed by atoms with Crippen molar-refractivity contribution in [2.75, 3.05) is 18.4 Å². The molecule has 6 heteroatoms. The summed E-state index contributed by atoms with van der Waals surface area (Å²) < 4.78 is 1.77. The van der Waals surface area contributed by atoms with Crippen LogP contribution in [0.25, 0.3) is 5.69 Å². The molecule has 0 saturated carbocycles. The number of anilines is 1. The van der Waals surface area contributed by atoms with Crippen LogP contribution in [0.15, 0.2) is 30.6 Å². The highest BCUT2D eigenvalue weighted by Crippen LogP contribution is 2.22. The summed E-state index contributed by atoms with van der Waals surface area (Å²) >= 11 is 0. The van der Waals surface area contributed by atoms with Crippen molar-refractivity contribution in [3.8, 4) is 5.69 Å². The Labute approximate surface area is 142 Å². The van der Waals surface area contributed by atoms with Gasteiger partial charge < -0.3 is 15.3 Å². The van der Waals surface area contributed by atoms with E-state index in [0.717, 1.165) is 11.3 Å². The van der Waals surface area contributed by atoms with E-state index in [4.69, 9.17) is 0 Å². The number of carbonyl (C=O) groups is 1. The number of piperidine rings is 1. The van der Waals surface area contributed by atoms with E-state index in [-0.39, 0.29) is 6.03 Å². The van der Waals surface area contributed by atoms with Crippen molar-refractivity contribution in [2.45, 2.75) is 39.2 Å². The van der Waals surface area contributed by atoms with E-state index in [2.05, 4.69) is 23.4 Å². The number of rotatable bonds is 2. The van der Waals surface area contributed by atoms with Gasteiger partial charge in [-0.3, -0.25) is 0 Å². The number of benzene rings is 1. The first-order valence-corrected chi connectivity index (χ1v) is 8.25. The number of likely N-dealkylation sites (tertiary alicyclic amines) is 1. The second kappa shape index (κ2) is 6.28. The molecule has 1 fully saturated rings. The van der Waals surface area contributed by atoms with Gasteiger partial charge in [-0.2, -0.15) is 5.10 Å². The monoisotopic (exact) mass is 328 g/mol. The topological polar surface area (TPSA) is 70.4 Å². The molecule has 1 saturated heterocycles. The zero-order chi connectivity index (χ0) is 17.3. The Morgan fingerprint density at radius 1 is 1.29 bits per heavy atom. The van der Waals surface area contributed by atoms with Crippen molar-refractivity contribution < 1.29 is 9.90 Å². The van der Waals surface area contributed by atoms with E-state index < -0.39 is 5.60 Å². The second-order valence-corrected chi connectivity index (χ2v) is 6.88. The summed E-state index contributed by atoms with van der Waals surface area (Å²) in [4.78, 5) is 14.1. The molecular formula is C18H24N4O2. The van der Waals surface area contributed by atoms with E-state index in [0.29, 0.717) is 31.6 Å². The highest BCUT2D eigenvalue weighted by Gasteiger charge is 2.29. The fourth-order valence-electron chi connectivity index (χ4n) is 2.98. The summed E-state index contributed by atoms with van der Waals surface area (Å²) in [6, 6.07) is 6.03. The van der Waals surface area contributed by atoms with Gasteiger partial charge in [-0.15, -0.1) is 0 Å². The summed E-state index contributed by atoms with van der Waals surface area (Å²) in [5, 5.41) is 17.2. The van der Waals surface area contributed by atoms with Crippen LogP contribution < -0.4 is 5.32 Å². The van der Waals surface area contributed by atoms with Crippen LogP contribution in [0.5, 0.6) is 0 Å². The van der Waals surface area contributed by atoms with Gasteiger partial charge in [-0.1, -0.05) is 17.7 Å². The lowest BCUT2D eigenvalue weighted by Gasteiger charge is -2.35. The van der Waals surface area contributed by atoms with E-state index in [1.807, 2.05) is 32.2 Å². The maximum Gasteiger partial charge on any atom is 0.321 e. The fourth-order valence-corrected chi connectivity index (χ4v) is 2.98. The molecule has 0 bridgehead atoms. The third-order valence-corrected chi connectivity index (χ3v) is 4.56. The maximum absolute atomic E-state index is 12.3. The lowest BCUT2D eigenvalue weighted by Crippen LogP contribution is -2.46. The van der Waals surface area contributed by atoms with Gasteiger partial charge in [0.15, 0.2) is 0 Å². The molecule has 2 N–H and O–H groups in total. The molecule has 24 heavy (non-hydrogen) atoms. The molecule has 1 aliphatic rings. The number of aromatic nitrogens is 2. The van der Waals surface area contributed by atoms with Gasteiger partial charge in [0.1, 0.15) is 0 Å². The van der Waals surface area contributed by atoms with Crippen molar-refractivity contribution in [1.82, 2.24) is 14.7 Å². The molecule has 2 heterocycles. The lowest BCUT2D eigenvalue weighted by atomic mass is 9.94. The van der Waals surface area contributed by atoms with Gasteiger partial charge in [0.05, 0.1) is 29.4 Å². The van der Waals surface area contributed by atoms with E-state index in [1.54, 1.807) is 15.8 Å². The molecule has 0 spiro atoms. The Hall–Kier alpha value is -2.34. The first-order valence-electron chi connectivity index (χ1n) is 8.25. The number of aryl methyl sites for hydroxylation is 2. The predicted molar refractivity (Wildman–Crippen MR) is 93.5 cm³/mol. The van der Waals surface area contributed by atoms with Crippen LogP contribution in [-0.4, -0.2) is 44.5 Å². The van der Waals surface area contributed by atoms with Gasteiger partial charge in [0.25, 0.3) is 0 Å². The first kappa shape index (κ1) is 16.5. The van der Waals surface area contributed by atoms with E-state index >= 15 is 0 Å². The van der Waals surface area contributed by atoms with Crippen molar-refractivity contribution in [3.63, 3.8) is 0 Å². The number of hydrogen-bond donors (Lipinski definition) is 2. The summed E-state index contributed by atoms with van der Waals surface area (Å²) in [6.07, 6.45) is 4.66. The Bertz CT molecular complexity index is 741. The Morgan fingerprint density at radius 3 is 2.67 bits per heavy atom. The number of amides is 2. The molecule has 0 atom stereocenters. The molecule has 2 aromatic rings. The van der Waals surface area contributed by atoms with Crippen molar-refractivity contribution in [2.24, 2.45) is 0 Å². The molecule has 3 rings (SSSR count). The van der Waals surface area contributed by atoms with Gasteiger partial charge in [-0.05, 0) is 45.2 Å². The van der Waals surface area contributed by atoms with Crippen LogP contribution in [0, 0.1) is 13.8 Å². The molecule has 2 amide bonds. The summed E-state index contributed by atoms with van der Waals surface area (Å²) in [6.45, 7) is 7.04. The number of hydrogen-bond acceptors (Lipinski definition) is 3. The summed E-state index contributed by atoms with van der Waals surface area (Å²) in [5.74, 6) is 0. The fraction of sp³-hybridized carbons (Fsp3) is 0.444. The van der Waals surface area contributed by atoms with Gasteiger partial charge in [0, 0.05) is 13.1 Å². The van der Waals surface area contributed by atoms with Crippen LogP contribution in [0.4, 0.5) is 10.5 Å². The number of nitrogens with zero attached hydrogens (tertiary/aromatic N) is 3. The minimum Gasteiger partial charge on any atom is -0.390 e.